The van der Waals surface area contributed by atoms with Gasteiger partial charge in [0.05, 0.1) is 5.56 Å². The number of carbonyl (C=O) groups excluding carboxylic acids is 2. The monoisotopic (exact) mass is 431 g/mol. The molecule has 162 valence electrons. The summed E-state index contributed by atoms with van der Waals surface area (Å²) in [7, 11) is -0.975. The highest BCUT2D eigenvalue weighted by molar-refractivity contribution is 6.58. The highest BCUT2D eigenvalue weighted by Crippen LogP contribution is 2.29. The van der Waals surface area contributed by atoms with Crippen LogP contribution in [0.5, 0.6) is 0 Å². The summed E-state index contributed by atoms with van der Waals surface area (Å²) < 4.78 is 34.8. The Balaban J connectivity index is 2.24. The van der Waals surface area contributed by atoms with Gasteiger partial charge in [-0.1, -0.05) is 0 Å². The summed E-state index contributed by atoms with van der Waals surface area (Å²) in [5, 5.41) is 23.1. The van der Waals surface area contributed by atoms with Crippen LogP contribution in [0, 0.1) is 11.6 Å². The van der Waals surface area contributed by atoms with E-state index in [1.165, 1.54) is 18.3 Å². The molecule has 0 unspecified atom stereocenters. The molecule has 0 aliphatic heterocycles. The fourth-order valence-corrected chi connectivity index (χ4v) is 2.91. The summed E-state index contributed by atoms with van der Waals surface area (Å²) >= 11 is 0. The first-order valence-corrected chi connectivity index (χ1v) is 9.24. The molecule has 0 atom stereocenters. The van der Waals surface area contributed by atoms with Crippen LogP contribution < -0.4 is 5.46 Å². The molecule has 1 aromatic carbocycles. The molecule has 2 aromatic heterocycles. The summed E-state index contributed by atoms with van der Waals surface area (Å²) in [5.74, 6) is -2.56. The number of benzene rings is 1. The van der Waals surface area contributed by atoms with Crippen LogP contribution in [-0.4, -0.2) is 56.3 Å². The predicted molar refractivity (Wildman–Crippen MR) is 109 cm³/mol. The van der Waals surface area contributed by atoms with Gasteiger partial charge in [-0.25, -0.2) is 23.0 Å². The number of carbonyl (C=O) groups is 2. The van der Waals surface area contributed by atoms with Gasteiger partial charge in [0.25, 0.3) is 5.91 Å². The minimum Gasteiger partial charge on any atom is -0.443 e. The first-order valence-electron chi connectivity index (χ1n) is 9.24. The predicted octanol–water partition coefficient (Wildman–Crippen LogP) is 1.97. The van der Waals surface area contributed by atoms with Gasteiger partial charge in [-0.2, -0.15) is 5.10 Å². The van der Waals surface area contributed by atoms with Crippen molar-refractivity contribution in [2.24, 2.45) is 0 Å². The zero-order valence-electron chi connectivity index (χ0n) is 17.3. The Morgan fingerprint density at radius 1 is 1.13 bits per heavy atom. The number of fused-ring (bicyclic) bond motifs is 1. The first kappa shape index (κ1) is 22.4. The van der Waals surface area contributed by atoms with E-state index < -0.39 is 41.8 Å². The third kappa shape index (κ3) is 4.42. The lowest BCUT2D eigenvalue weighted by Gasteiger charge is -2.23. The number of nitrogens with zero attached hydrogens (tertiary/aromatic N) is 3. The lowest BCUT2D eigenvalue weighted by Crippen LogP contribution is -2.38. The van der Waals surface area contributed by atoms with Crippen molar-refractivity contribution in [2.45, 2.75) is 26.4 Å². The number of pyridine rings is 1. The average molecular weight is 431 g/mol. The Labute approximate surface area is 176 Å². The molecule has 2 amide bonds. The second-order valence-electron chi connectivity index (χ2n) is 7.83. The molecule has 0 saturated heterocycles. The van der Waals surface area contributed by atoms with Crippen molar-refractivity contribution in [1.82, 2.24) is 14.5 Å². The number of aromatic nitrogens is 2. The molecule has 8 nitrogen and oxygen atoms in total. The van der Waals surface area contributed by atoms with Gasteiger partial charge >= 0.3 is 13.2 Å². The van der Waals surface area contributed by atoms with E-state index >= 15 is 4.39 Å². The Morgan fingerprint density at radius 3 is 2.29 bits per heavy atom. The molecular weight excluding hydrogens is 411 g/mol. The van der Waals surface area contributed by atoms with Gasteiger partial charge in [-0.05, 0) is 51.1 Å². The van der Waals surface area contributed by atoms with Crippen LogP contribution >= 0.6 is 0 Å². The second kappa shape index (κ2) is 8.08. The summed E-state index contributed by atoms with van der Waals surface area (Å²) in [4.78, 5) is 26.3. The zero-order chi connectivity index (χ0) is 23.1. The SMILES string of the molecule is CN(C(=O)OC(C)(C)C)C(=O)c1c(-c2ccc(F)cc2)nn2ccc(B(O)O)c(F)c12. The number of hydrogen-bond acceptors (Lipinski definition) is 6. The molecule has 0 saturated carbocycles. The van der Waals surface area contributed by atoms with Crippen LogP contribution in [0.15, 0.2) is 36.5 Å². The summed E-state index contributed by atoms with van der Waals surface area (Å²) in [6.45, 7) is 4.87. The second-order valence-corrected chi connectivity index (χ2v) is 7.83. The quantitative estimate of drug-likeness (QED) is 0.615. The van der Waals surface area contributed by atoms with Crippen molar-refractivity contribution >= 4 is 30.1 Å². The highest BCUT2D eigenvalue weighted by atomic mass is 19.1. The molecule has 11 heteroatoms. The van der Waals surface area contributed by atoms with E-state index in [2.05, 4.69) is 5.10 Å². The van der Waals surface area contributed by atoms with Crippen molar-refractivity contribution in [3.63, 3.8) is 0 Å². The maximum atomic E-state index is 15.1. The molecule has 3 rings (SSSR count). The van der Waals surface area contributed by atoms with Crippen molar-refractivity contribution in [1.29, 1.82) is 0 Å². The van der Waals surface area contributed by atoms with Crippen LogP contribution in [0.3, 0.4) is 0 Å². The lowest BCUT2D eigenvalue weighted by atomic mass is 9.80. The van der Waals surface area contributed by atoms with E-state index in [1.807, 2.05) is 0 Å². The summed E-state index contributed by atoms with van der Waals surface area (Å²) in [6, 6.07) is 6.08. The molecule has 0 radical (unpaired) electrons. The molecule has 31 heavy (non-hydrogen) atoms. The average Bonchev–Trinajstić information content (AvgIpc) is 3.06. The smallest absolute Gasteiger partial charge is 0.443 e. The molecule has 0 fully saturated rings. The normalized spacial score (nSPS) is 11.5. The third-order valence-electron chi connectivity index (χ3n) is 4.35. The molecule has 0 aliphatic rings. The molecular formula is C20H20BF2N3O5. The molecule has 2 N–H and O–H groups in total. The Kier molecular flexibility index (Phi) is 5.84. The molecule has 0 aliphatic carbocycles. The minimum absolute atomic E-state index is 0.0242. The van der Waals surface area contributed by atoms with E-state index in [0.717, 1.165) is 29.8 Å². The van der Waals surface area contributed by atoms with Gasteiger partial charge < -0.3 is 14.8 Å². The molecule has 0 spiro atoms. The zero-order valence-corrected chi connectivity index (χ0v) is 17.3. The molecule has 3 aromatic rings. The van der Waals surface area contributed by atoms with E-state index in [0.29, 0.717) is 4.90 Å². The van der Waals surface area contributed by atoms with Crippen LogP contribution in [0.1, 0.15) is 31.1 Å². The van der Waals surface area contributed by atoms with Gasteiger partial charge in [0, 0.05) is 24.3 Å². The number of rotatable bonds is 3. The van der Waals surface area contributed by atoms with Gasteiger partial charge in [0.2, 0.25) is 0 Å². The maximum Gasteiger partial charge on any atom is 0.491 e. The number of halogens is 2. The number of hydrogen-bond donors (Lipinski definition) is 2. The van der Waals surface area contributed by atoms with E-state index in [4.69, 9.17) is 4.74 Å². The minimum atomic E-state index is -2.14. The van der Waals surface area contributed by atoms with Gasteiger partial charge in [0.15, 0.2) is 0 Å². The van der Waals surface area contributed by atoms with Crippen LogP contribution in [0.4, 0.5) is 13.6 Å². The topological polar surface area (TPSA) is 104 Å². The van der Waals surface area contributed by atoms with Crippen molar-refractivity contribution < 1.29 is 33.2 Å². The molecule has 2 heterocycles. The van der Waals surface area contributed by atoms with Crippen molar-refractivity contribution in [2.75, 3.05) is 7.05 Å². The summed E-state index contributed by atoms with van der Waals surface area (Å²) in [6.07, 6.45) is 0.269. The van der Waals surface area contributed by atoms with Gasteiger partial charge in [0.1, 0.15) is 28.4 Å². The fourth-order valence-electron chi connectivity index (χ4n) is 2.91. The Hall–Kier alpha value is -3.31. The van der Waals surface area contributed by atoms with Crippen molar-refractivity contribution in [3.8, 4) is 11.3 Å². The lowest BCUT2D eigenvalue weighted by molar-refractivity contribution is 0.0285. The van der Waals surface area contributed by atoms with Crippen LogP contribution in [0.2, 0.25) is 0 Å². The summed E-state index contributed by atoms with van der Waals surface area (Å²) in [5.41, 5.74) is -1.79. The standard InChI is InChI=1S/C20H20BF2N3O5/c1-20(2,3)31-19(28)25(4)18(27)14-16(11-5-7-12(22)8-6-11)24-26-10-9-13(21(29)30)15(23)17(14)26/h5-10,29-30H,1-4H3. The van der Waals surface area contributed by atoms with E-state index in [-0.39, 0.29) is 22.3 Å². The van der Waals surface area contributed by atoms with Crippen molar-refractivity contribution in [3.05, 3.63) is 53.7 Å². The van der Waals surface area contributed by atoms with Gasteiger partial charge in [-0.3, -0.25) is 4.79 Å². The van der Waals surface area contributed by atoms with E-state index in [1.54, 1.807) is 20.8 Å². The Morgan fingerprint density at radius 2 is 1.74 bits per heavy atom. The van der Waals surface area contributed by atoms with Crippen LogP contribution in [-0.2, 0) is 4.74 Å². The van der Waals surface area contributed by atoms with Crippen LogP contribution in [0.25, 0.3) is 16.8 Å². The van der Waals surface area contributed by atoms with E-state index in [9.17, 15) is 24.0 Å². The third-order valence-corrected chi connectivity index (χ3v) is 4.35. The molecule has 0 bridgehead atoms. The number of ether oxygens (including phenoxy) is 1. The first-order chi connectivity index (χ1) is 14.4. The van der Waals surface area contributed by atoms with Gasteiger partial charge in [-0.15, -0.1) is 0 Å². The number of imide groups is 1. The number of amides is 2. The highest BCUT2D eigenvalue weighted by Gasteiger charge is 2.32. The Bertz CT molecular complexity index is 1160. The fraction of sp³-hybridized carbons (Fsp3) is 0.250. The largest absolute Gasteiger partial charge is 0.491 e. The maximum absolute atomic E-state index is 15.1.